The van der Waals surface area contributed by atoms with Crippen molar-refractivity contribution < 1.29 is 14.3 Å². The Kier molecular flexibility index (Phi) is 6.45. The van der Waals surface area contributed by atoms with Crippen LogP contribution in [0, 0.1) is 6.92 Å². The molecule has 0 saturated heterocycles. The lowest BCUT2D eigenvalue weighted by molar-refractivity contribution is -0.139. The monoisotopic (exact) mass is 413 g/mol. The van der Waals surface area contributed by atoms with Crippen LogP contribution in [0.15, 0.2) is 52.4 Å². The maximum absolute atomic E-state index is 12.4. The summed E-state index contributed by atoms with van der Waals surface area (Å²) >= 11 is 1.06. The number of hydrogen-bond acceptors (Lipinski definition) is 7. The molecule has 29 heavy (non-hydrogen) atoms. The van der Waals surface area contributed by atoms with Crippen molar-refractivity contribution >= 4 is 29.5 Å². The molecule has 0 bridgehead atoms. The van der Waals surface area contributed by atoms with Gasteiger partial charge in [-0.1, -0.05) is 30.0 Å². The van der Waals surface area contributed by atoms with Crippen LogP contribution in [-0.4, -0.2) is 44.5 Å². The molecule has 0 aliphatic carbocycles. The SMILES string of the molecule is COC(=O)Cc1cc(=O)[nH]c(SCC(=O)Nc2cc(C)nn2-c2ccccc2)n1. The highest BCUT2D eigenvalue weighted by atomic mass is 32.2. The number of rotatable bonds is 7. The van der Waals surface area contributed by atoms with Gasteiger partial charge in [0.2, 0.25) is 5.91 Å². The average molecular weight is 413 g/mol. The zero-order valence-corrected chi connectivity index (χ0v) is 16.7. The summed E-state index contributed by atoms with van der Waals surface area (Å²) in [6, 6.07) is 12.4. The number of nitrogens with one attached hydrogen (secondary N) is 2. The molecular formula is C19H19N5O4S. The van der Waals surface area contributed by atoms with E-state index in [-0.39, 0.29) is 28.9 Å². The normalized spacial score (nSPS) is 10.6. The van der Waals surface area contributed by atoms with Crippen molar-refractivity contribution in [2.75, 3.05) is 18.2 Å². The molecule has 10 heteroatoms. The van der Waals surface area contributed by atoms with Gasteiger partial charge in [0.05, 0.1) is 36.4 Å². The summed E-state index contributed by atoms with van der Waals surface area (Å²) in [7, 11) is 1.26. The zero-order valence-electron chi connectivity index (χ0n) is 15.8. The van der Waals surface area contributed by atoms with Gasteiger partial charge >= 0.3 is 5.97 Å². The van der Waals surface area contributed by atoms with E-state index in [9.17, 15) is 14.4 Å². The van der Waals surface area contributed by atoms with Gasteiger partial charge in [-0.05, 0) is 19.1 Å². The predicted molar refractivity (Wildman–Crippen MR) is 108 cm³/mol. The summed E-state index contributed by atoms with van der Waals surface area (Å²) < 4.78 is 6.23. The van der Waals surface area contributed by atoms with Crippen LogP contribution in [0.4, 0.5) is 5.82 Å². The fourth-order valence-electron chi connectivity index (χ4n) is 2.53. The lowest BCUT2D eigenvalue weighted by Gasteiger charge is -2.09. The molecule has 1 amide bonds. The van der Waals surface area contributed by atoms with Crippen molar-refractivity contribution in [2.45, 2.75) is 18.5 Å². The first-order valence-corrected chi connectivity index (χ1v) is 9.65. The van der Waals surface area contributed by atoms with Gasteiger partial charge < -0.3 is 15.0 Å². The van der Waals surface area contributed by atoms with Crippen molar-refractivity contribution in [2.24, 2.45) is 0 Å². The highest BCUT2D eigenvalue weighted by Crippen LogP contribution is 2.18. The maximum atomic E-state index is 12.4. The number of esters is 1. The van der Waals surface area contributed by atoms with Crippen LogP contribution in [0.1, 0.15) is 11.4 Å². The second-order valence-corrected chi connectivity index (χ2v) is 7.01. The number of hydrogen-bond donors (Lipinski definition) is 2. The van der Waals surface area contributed by atoms with Gasteiger partial charge in [0.1, 0.15) is 5.82 Å². The van der Waals surface area contributed by atoms with Crippen molar-refractivity contribution in [3.8, 4) is 5.69 Å². The second kappa shape index (κ2) is 9.20. The van der Waals surface area contributed by atoms with Gasteiger partial charge in [0.15, 0.2) is 5.16 Å². The van der Waals surface area contributed by atoms with Crippen molar-refractivity contribution in [1.82, 2.24) is 19.7 Å². The number of thioether (sulfide) groups is 1. The van der Waals surface area contributed by atoms with E-state index >= 15 is 0 Å². The number of para-hydroxylation sites is 1. The van der Waals surface area contributed by atoms with E-state index in [1.54, 1.807) is 10.7 Å². The number of H-pyrrole nitrogens is 1. The first kappa shape index (κ1) is 20.3. The molecule has 2 heterocycles. The summed E-state index contributed by atoms with van der Waals surface area (Å²) in [6.45, 7) is 1.84. The summed E-state index contributed by atoms with van der Waals surface area (Å²) in [5.74, 6) is -0.224. The van der Waals surface area contributed by atoms with Crippen LogP contribution in [0.3, 0.4) is 0 Å². The van der Waals surface area contributed by atoms with E-state index in [1.807, 2.05) is 37.3 Å². The molecule has 0 spiro atoms. The number of carbonyl (C=O) groups excluding carboxylic acids is 2. The molecule has 0 unspecified atom stereocenters. The summed E-state index contributed by atoms with van der Waals surface area (Å²) in [6.07, 6.45) is -0.115. The predicted octanol–water partition coefficient (Wildman–Crippen LogP) is 1.71. The number of nitrogens with zero attached hydrogens (tertiary/aromatic N) is 3. The molecule has 3 rings (SSSR count). The number of aromatic amines is 1. The standard InChI is InChI=1S/C19H19N5O4S/c1-12-8-15(24(23-12)14-6-4-3-5-7-14)21-17(26)11-29-19-20-13(9-16(25)22-19)10-18(27)28-2/h3-9H,10-11H2,1-2H3,(H,21,26)(H,20,22,25). The minimum Gasteiger partial charge on any atom is -0.469 e. The molecule has 2 aromatic heterocycles. The first-order valence-electron chi connectivity index (χ1n) is 8.66. The molecule has 0 aliphatic rings. The maximum Gasteiger partial charge on any atom is 0.311 e. The molecule has 0 saturated carbocycles. The molecule has 3 aromatic rings. The van der Waals surface area contributed by atoms with Crippen LogP contribution >= 0.6 is 11.8 Å². The number of benzene rings is 1. The number of carbonyl (C=O) groups is 2. The lowest BCUT2D eigenvalue weighted by Crippen LogP contribution is -2.18. The van der Waals surface area contributed by atoms with E-state index in [0.717, 1.165) is 23.1 Å². The van der Waals surface area contributed by atoms with Gasteiger partial charge in [-0.2, -0.15) is 5.10 Å². The Balaban J connectivity index is 1.67. The number of ether oxygens (including phenoxy) is 1. The second-order valence-electron chi connectivity index (χ2n) is 6.05. The van der Waals surface area contributed by atoms with Gasteiger partial charge in [-0.15, -0.1) is 0 Å². The lowest BCUT2D eigenvalue weighted by atomic mass is 10.3. The topological polar surface area (TPSA) is 119 Å². The smallest absolute Gasteiger partial charge is 0.311 e. The van der Waals surface area contributed by atoms with E-state index in [4.69, 9.17) is 0 Å². The van der Waals surface area contributed by atoms with Crippen molar-refractivity contribution in [3.05, 3.63) is 64.2 Å². The number of anilines is 1. The Morgan fingerprint density at radius 3 is 2.72 bits per heavy atom. The van der Waals surface area contributed by atoms with Crippen molar-refractivity contribution in [3.63, 3.8) is 0 Å². The molecule has 2 N–H and O–H groups in total. The quantitative estimate of drug-likeness (QED) is 0.344. The Labute approximate surface area is 170 Å². The Morgan fingerprint density at radius 2 is 2.00 bits per heavy atom. The third kappa shape index (κ3) is 5.55. The van der Waals surface area contributed by atoms with E-state index in [2.05, 4.69) is 25.1 Å². The first-order chi connectivity index (χ1) is 13.9. The largest absolute Gasteiger partial charge is 0.469 e. The number of methoxy groups -OCH3 is 1. The van der Waals surface area contributed by atoms with Gasteiger partial charge in [0.25, 0.3) is 5.56 Å². The molecule has 0 atom stereocenters. The van der Waals surface area contributed by atoms with Crippen LogP contribution in [0.2, 0.25) is 0 Å². The number of amides is 1. The Bertz CT molecular complexity index is 1080. The Morgan fingerprint density at radius 1 is 1.24 bits per heavy atom. The van der Waals surface area contributed by atoms with Crippen LogP contribution < -0.4 is 10.9 Å². The summed E-state index contributed by atoms with van der Waals surface area (Å²) in [5.41, 5.74) is 1.46. The van der Waals surface area contributed by atoms with E-state index in [1.165, 1.54) is 13.2 Å². The Hall–Kier alpha value is -3.40. The van der Waals surface area contributed by atoms with Gasteiger partial charge in [0, 0.05) is 12.1 Å². The molecule has 1 aromatic carbocycles. The fourth-order valence-corrected chi connectivity index (χ4v) is 3.22. The molecule has 0 radical (unpaired) electrons. The molecular weight excluding hydrogens is 394 g/mol. The van der Waals surface area contributed by atoms with Gasteiger partial charge in [-0.25, -0.2) is 9.67 Å². The molecule has 0 aliphatic heterocycles. The average Bonchev–Trinajstić information content (AvgIpc) is 3.06. The zero-order chi connectivity index (χ0) is 20.8. The third-order valence-corrected chi connectivity index (χ3v) is 4.64. The van der Waals surface area contributed by atoms with Crippen LogP contribution in [-0.2, 0) is 20.7 Å². The highest BCUT2D eigenvalue weighted by molar-refractivity contribution is 7.99. The van der Waals surface area contributed by atoms with Crippen LogP contribution in [0.5, 0.6) is 0 Å². The summed E-state index contributed by atoms with van der Waals surface area (Å²) in [4.78, 5) is 42.2. The molecule has 150 valence electrons. The number of aryl methyl sites for hydroxylation is 1. The third-order valence-electron chi connectivity index (χ3n) is 3.77. The fraction of sp³-hybridized carbons (Fsp3) is 0.211. The van der Waals surface area contributed by atoms with E-state index in [0.29, 0.717) is 5.82 Å². The van der Waals surface area contributed by atoms with Gasteiger partial charge in [-0.3, -0.25) is 14.4 Å². The minimum absolute atomic E-state index is 0.0175. The van der Waals surface area contributed by atoms with Crippen LogP contribution in [0.25, 0.3) is 5.69 Å². The minimum atomic E-state index is -0.499. The molecule has 0 fully saturated rings. The highest BCUT2D eigenvalue weighted by Gasteiger charge is 2.13. The molecule has 9 nitrogen and oxygen atoms in total. The van der Waals surface area contributed by atoms with E-state index < -0.39 is 11.5 Å². The summed E-state index contributed by atoms with van der Waals surface area (Å²) in [5, 5.41) is 7.47. The van der Waals surface area contributed by atoms with Crippen molar-refractivity contribution in [1.29, 1.82) is 0 Å². The number of aromatic nitrogens is 4.